The summed E-state index contributed by atoms with van der Waals surface area (Å²) in [5.41, 5.74) is 1.45. The Morgan fingerprint density at radius 1 is 1.26 bits per heavy atom. The Balaban J connectivity index is 1.24. The molecule has 0 N–H and O–H groups in total. The van der Waals surface area contributed by atoms with Gasteiger partial charge in [-0.2, -0.15) is 0 Å². The molecule has 0 saturated carbocycles. The number of hydrogen-bond acceptors (Lipinski definition) is 4. The van der Waals surface area contributed by atoms with Crippen molar-refractivity contribution in [2.75, 3.05) is 20.2 Å². The number of methoxy groups -OCH3 is 1. The Hall–Kier alpha value is -3.06. The summed E-state index contributed by atoms with van der Waals surface area (Å²) in [7, 11) is 1.63. The highest BCUT2D eigenvalue weighted by molar-refractivity contribution is 5.93. The lowest BCUT2D eigenvalue weighted by Gasteiger charge is -2.33. The summed E-state index contributed by atoms with van der Waals surface area (Å²) in [6.07, 6.45) is 5.73. The van der Waals surface area contributed by atoms with Crippen LogP contribution in [-0.4, -0.2) is 58.1 Å². The van der Waals surface area contributed by atoms with Gasteiger partial charge in [0.2, 0.25) is 11.8 Å². The second-order valence-corrected chi connectivity index (χ2v) is 8.90. The standard InChI is InChI=1S/C24H25N3O4/c1-30-18-6-2-4-16(12-18)13-27-15-24-8-7-19(31-24)20(21(24)23(27)29)22(28)26-11-10-25-9-3-5-17(25)14-26/h2-9,12,19-21H,10-11,13-15H2,1H3/t19-,20+,21-,24-/m0/s1. The van der Waals surface area contributed by atoms with E-state index in [-0.39, 0.29) is 17.9 Å². The maximum atomic E-state index is 13.6. The summed E-state index contributed by atoms with van der Waals surface area (Å²) in [5, 5.41) is 0. The number of likely N-dealkylation sites (tertiary alicyclic amines) is 1. The van der Waals surface area contributed by atoms with Crippen LogP contribution in [0.5, 0.6) is 5.75 Å². The highest BCUT2D eigenvalue weighted by atomic mass is 16.5. The molecule has 2 amide bonds. The monoisotopic (exact) mass is 419 g/mol. The van der Waals surface area contributed by atoms with Crippen LogP contribution in [0.25, 0.3) is 0 Å². The molecule has 31 heavy (non-hydrogen) atoms. The van der Waals surface area contributed by atoms with E-state index >= 15 is 0 Å². The Morgan fingerprint density at radius 3 is 3.03 bits per heavy atom. The molecule has 7 heteroatoms. The fourth-order valence-electron chi connectivity index (χ4n) is 5.70. The highest BCUT2D eigenvalue weighted by Crippen LogP contribution is 2.52. The quantitative estimate of drug-likeness (QED) is 0.710. The van der Waals surface area contributed by atoms with Crippen molar-refractivity contribution >= 4 is 11.8 Å². The van der Waals surface area contributed by atoms with Gasteiger partial charge < -0.3 is 23.8 Å². The Bertz CT molecular complexity index is 1090. The average molecular weight is 419 g/mol. The number of fused-ring (bicyclic) bond motifs is 2. The van der Waals surface area contributed by atoms with Gasteiger partial charge in [0.15, 0.2) is 0 Å². The van der Waals surface area contributed by atoms with Crippen molar-refractivity contribution in [1.29, 1.82) is 0 Å². The molecule has 2 aromatic rings. The Labute approximate surface area is 180 Å². The van der Waals surface area contributed by atoms with Crippen molar-refractivity contribution in [3.8, 4) is 5.75 Å². The fourth-order valence-corrected chi connectivity index (χ4v) is 5.70. The molecule has 4 atom stereocenters. The average Bonchev–Trinajstić information content (AvgIpc) is 3.54. The Morgan fingerprint density at radius 2 is 2.16 bits per heavy atom. The van der Waals surface area contributed by atoms with E-state index in [2.05, 4.69) is 10.6 Å². The first-order valence-electron chi connectivity index (χ1n) is 10.8. The molecule has 1 spiro atoms. The predicted octanol–water partition coefficient (Wildman–Crippen LogP) is 1.82. The number of rotatable bonds is 4. The van der Waals surface area contributed by atoms with Crippen LogP contribution in [0.15, 0.2) is 54.7 Å². The van der Waals surface area contributed by atoms with E-state index in [1.165, 1.54) is 0 Å². The number of ether oxygens (including phenoxy) is 2. The summed E-state index contributed by atoms with van der Waals surface area (Å²) in [6.45, 7) is 2.99. The first kappa shape index (κ1) is 18.7. The molecular formula is C24H25N3O4. The molecule has 160 valence electrons. The van der Waals surface area contributed by atoms with Gasteiger partial charge in [0.25, 0.3) is 0 Å². The molecule has 5 heterocycles. The van der Waals surface area contributed by atoms with E-state index in [9.17, 15) is 9.59 Å². The molecule has 7 nitrogen and oxygen atoms in total. The molecule has 0 unspecified atom stereocenters. The van der Waals surface area contributed by atoms with Crippen LogP contribution in [0.2, 0.25) is 0 Å². The van der Waals surface area contributed by atoms with Crippen LogP contribution < -0.4 is 4.74 Å². The number of hydrogen-bond donors (Lipinski definition) is 0. The lowest BCUT2D eigenvalue weighted by Crippen LogP contribution is -2.48. The molecule has 0 radical (unpaired) electrons. The number of benzene rings is 1. The van der Waals surface area contributed by atoms with Gasteiger partial charge in [0, 0.05) is 31.5 Å². The van der Waals surface area contributed by atoms with E-state index in [0.717, 1.165) is 23.6 Å². The van der Waals surface area contributed by atoms with E-state index < -0.39 is 17.4 Å². The van der Waals surface area contributed by atoms with Gasteiger partial charge in [-0.05, 0) is 29.8 Å². The third-order valence-electron chi connectivity index (χ3n) is 7.17. The largest absolute Gasteiger partial charge is 0.497 e. The van der Waals surface area contributed by atoms with Crippen molar-refractivity contribution in [1.82, 2.24) is 14.4 Å². The van der Waals surface area contributed by atoms with Crippen molar-refractivity contribution in [2.24, 2.45) is 11.8 Å². The molecule has 6 rings (SSSR count). The van der Waals surface area contributed by atoms with Crippen LogP contribution in [0, 0.1) is 11.8 Å². The van der Waals surface area contributed by atoms with Crippen LogP contribution in [0.1, 0.15) is 11.3 Å². The Kier molecular flexibility index (Phi) is 4.05. The maximum absolute atomic E-state index is 13.6. The first-order chi connectivity index (χ1) is 15.1. The number of aromatic nitrogens is 1. The van der Waals surface area contributed by atoms with Gasteiger partial charge in [-0.1, -0.05) is 24.3 Å². The zero-order valence-corrected chi connectivity index (χ0v) is 17.4. The molecule has 4 aliphatic rings. The van der Waals surface area contributed by atoms with Crippen LogP contribution in [0.4, 0.5) is 0 Å². The molecule has 1 aromatic carbocycles. The third-order valence-corrected chi connectivity index (χ3v) is 7.17. The number of carbonyl (C=O) groups is 2. The van der Waals surface area contributed by atoms with E-state index in [1.807, 2.05) is 58.5 Å². The summed E-state index contributed by atoms with van der Waals surface area (Å²) < 4.78 is 13.8. The van der Waals surface area contributed by atoms with E-state index in [1.54, 1.807) is 7.11 Å². The van der Waals surface area contributed by atoms with Crippen molar-refractivity contribution in [3.63, 3.8) is 0 Å². The van der Waals surface area contributed by atoms with Gasteiger partial charge in [0.1, 0.15) is 11.4 Å². The minimum Gasteiger partial charge on any atom is -0.497 e. The molecule has 2 bridgehead atoms. The number of nitrogens with zero attached hydrogens (tertiary/aromatic N) is 3. The summed E-state index contributed by atoms with van der Waals surface area (Å²) in [6, 6.07) is 11.8. The van der Waals surface area contributed by atoms with Gasteiger partial charge in [-0.25, -0.2) is 0 Å². The highest BCUT2D eigenvalue weighted by Gasteiger charge is 2.67. The lowest BCUT2D eigenvalue weighted by molar-refractivity contribution is -0.144. The van der Waals surface area contributed by atoms with Crippen molar-refractivity contribution < 1.29 is 19.1 Å². The van der Waals surface area contributed by atoms with Gasteiger partial charge >= 0.3 is 0 Å². The second kappa shape index (κ2) is 6.72. The van der Waals surface area contributed by atoms with Crippen LogP contribution >= 0.6 is 0 Å². The normalized spacial score (nSPS) is 30.6. The zero-order valence-electron chi connectivity index (χ0n) is 17.4. The lowest BCUT2D eigenvalue weighted by atomic mass is 9.76. The van der Waals surface area contributed by atoms with E-state index in [4.69, 9.17) is 9.47 Å². The maximum Gasteiger partial charge on any atom is 0.230 e. The van der Waals surface area contributed by atoms with Crippen molar-refractivity contribution in [2.45, 2.75) is 31.3 Å². The molecule has 0 aliphatic carbocycles. The fraction of sp³-hybridized carbons (Fsp3) is 0.417. The molecule has 4 aliphatic heterocycles. The molecular weight excluding hydrogens is 394 g/mol. The van der Waals surface area contributed by atoms with Gasteiger partial charge in [-0.15, -0.1) is 0 Å². The second-order valence-electron chi connectivity index (χ2n) is 8.90. The molecule has 2 saturated heterocycles. The van der Waals surface area contributed by atoms with Crippen molar-refractivity contribution in [3.05, 3.63) is 66.0 Å². The SMILES string of the molecule is COc1cccc(CN2C[C@]34C=C[C@H](O3)[C@@H](C(=O)N3CCn5cccc5C3)[C@H]4C2=O)c1. The minimum atomic E-state index is -0.684. The smallest absolute Gasteiger partial charge is 0.230 e. The molecule has 1 aromatic heterocycles. The van der Waals surface area contributed by atoms with Gasteiger partial charge in [0.05, 0.1) is 38.1 Å². The third kappa shape index (κ3) is 2.76. The predicted molar refractivity (Wildman–Crippen MR) is 112 cm³/mol. The van der Waals surface area contributed by atoms with Crippen LogP contribution in [-0.2, 0) is 34.0 Å². The zero-order chi connectivity index (χ0) is 21.2. The summed E-state index contributed by atoms with van der Waals surface area (Å²) >= 11 is 0. The number of carbonyl (C=O) groups excluding carboxylic acids is 2. The molecule has 2 fully saturated rings. The number of amides is 2. The first-order valence-corrected chi connectivity index (χ1v) is 10.8. The topological polar surface area (TPSA) is 64.0 Å². The minimum absolute atomic E-state index is 0.00778. The van der Waals surface area contributed by atoms with Crippen LogP contribution in [0.3, 0.4) is 0 Å². The summed E-state index contributed by atoms with van der Waals surface area (Å²) in [4.78, 5) is 30.8. The van der Waals surface area contributed by atoms with E-state index in [0.29, 0.717) is 26.2 Å². The van der Waals surface area contributed by atoms with Gasteiger partial charge in [-0.3, -0.25) is 9.59 Å². The summed E-state index contributed by atoms with van der Waals surface area (Å²) in [5.74, 6) is -0.0928.